The van der Waals surface area contributed by atoms with Gasteiger partial charge in [-0.3, -0.25) is 4.79 Å². The lowest BCUT2D eigenvalue weighted by Gasteiger charge is -2.31. The second kappa shape index (κ2) is 7.21. The summed E-state index contributed by atoms with van der Waals surface area (Å²) in [7, 11) is 0. The molecule has 2 aliphatic rings. The Morgan fingerprint density at radius 3 is 2.68 bits per heavy atom. The van der Waals surface area contributed by atoms with Crippen LogP contribution in [-0.2, 0) is 12.8 Å². The number of hydrogen-bond acceptors (Lipinski definition) is 4. The fourth-order valence-corrected chi connectivity index (χ4v) is 3.84. The fraction of sp³-hybridized carbons (Fsp3) is 0.450. The molecular weight excluding hydrogens is 312 g/mol. The number of nitrogens with zero attached hydrogens (tertiary/aromatic N) is 3. The van der Waals surface area contributed by atoms with Crippen LogP contribution in [0.4, 0.5) is 5.95 Å². The number of aryl methyl sites for hydroxylation is 2. The van der Waals surface area contributed by atoms with Gasteiger partial charge in [-0.25, -0.2) is 9.97 Å². The Morgan fingerprint density at radius 2 is 1.88 bits per heavy atom. The van der Waals surface area contributed by atoms with Crippen LogP contribution >= 0.6 is 0 Å². The number of benzene rings is 1. The largest absolute Gasteiger partial charge is 0.352 e. The van der Waals surface area contributed by atoms with Gasteiger partial charge in [0.2, 0.25) is 5.95 Å². The van der Waals surface area contributed by atoms with E-state index in [1.807, 2.05) is 12.1 Å². The molecule has 5 heteroatoms. The molecule has 0 atom stereocenters. The first-order chi connectivity index (χ1) is 12.3. The number of fused-ring (bicyclic) bond motifs is 1. The summed E-state index contributed by atoms with van der Waals surface area (Å²) in [5, 5.41) is 3.13. The summed E-state index contributed by atoms with van der Waals surface area (Å²) in [6.07, 6.45) is 9.16. The Labute approximate surface area is 148 Å². The highest BCUT2D eigenvalue weighted by atomic mass is 16.1. The lowest BCUT2D eigenvalue weighted by atomic mass is 9.97. The van der Waals surface area contributed by atoms with Crippen molar-refractivity contribution in [3.05, 3.63) is 53.3 Å². The highest BCUT2D eigenvalue weighted by molar-refractivity contribution is 5.94. The fourth-order valence-electron chi connectivity index (χ4n) is 3.84. The molecule has 1 aliphatic heterocycles. The summed E-state index contributed by atoms with van der Waals surface area (Å²) in [5.74, 6) is 1.39. The SMILES string of the molecule is O=C(NCC1CCN(c2ncccn2)CC1)c1ccc2c(c1)CCC2. The van der Waals surface area contributed by atoms with Crippen molar-refractivity contribution in [1.29, 1.82) is 0 Å². The minimum Gasteiger partial charge on any atom is -0.352 e. The standard InChI is InChI=1S/C20H24N4O/c25-19(18-6-5-16-3-1-4-17(16)13-18)23-14-15-7-11-24(12-8-15)20-21-9-2-10-22-20/h2,5-6,9-10,13,15H,1,3-4,7-8,11-12,14H2,(H,23,25). The van der Waals surface area contributed by atoms with Crippen LogP contribution in [0.5, 0.6) is 0 Å². The Hall–Kier alpha value is -2.43. The molecule has 1 N–H and O–H groups in total. The van der Waals surface area contributed by atoms with Crippen LogP contribution in [0.25, 0.3) is 0 Å². The van der Waals surface area contributed by atoms with Crippen LogP contribution in [-0.4, -0.2) is 35.5 Å². The Bertz CT molecular complexity index is 739. The van der Waals surface area contributed by atoms with Crippen LogP contribution in [0.2, 0.25) is 0 Å². The molecular formula is C20H24N4O. The molecule has 0 bridgehead atoms. The molecule has 1 saturated heterocycles. The molecule has 1 aliphatic carbocycles. The second-order valence-corrected chi connectivity index (χ2v) is 7.03. The molecule has 1 fully saturated rings. The highest BCUT2D eigenvalue weighted by Gasteiger charge is 2.21. The number of piperidine rings is 1. The molecule has 130 valence electrons. The topological polar surface area (TPSA) is 58.1 Å². The number of nitrogens with one attached hydrogen (secondary N) is 1. The highest BCUT2D eigenvalue weighted by Crippen LogP contribution is 2.23. The van der Waals surface area contributed by atoms with Gasteiger partial charge < -0.3 is 10.2 Å². The molecule has 0 spiro atoms. The number of amides is 1. The van der Waals surface area contributed by atoms with E-state index >= 15 is 0 Å². The zero-order chi connectivity index (χ0) is 17.1. The molecule has 5 nitrogen and oxygen atoms in total. The maximum absolute atomic E-state index is 12.4. The first kappa shape index (κ1) is 16.1. The van der Waals surface area contributed by atoms with Crippen molar-refractivity contribution < 1.29 is 4.79 Å². The van der Waals surface area contributed by atoms with Gasteiger partial charge in [-0.2, -0.15) is 0 Å². The van der Waals surface area contributed by atoms with E-state index in [-0.39, 0.29) is 5.91 Å². The third-order valence-corrected chi connectivity index (χ3v) is 5.36. The predicted octanol–water partition coefficient (Wildman–Crippen LogP) is 2.61. The molecule has 2 heterocycles. The van der Waals surface area contributed by atoms with Crippen molar-refractivity contribution >= 4 is 11.9 Å². The van der Waals surface area contributed by atoms with Crippen LogP contribution < -0.4 is 10.2 Å². The lowest BCUT2D eigenvalue weighted by Crippen LogP contribution is -2.39. The number of hydrogen-bond donors (Lipinski definition) is 1. The second-order valence-electron chi connectivity index (χ2n) is 7.03. The number of carbonyl (C=O) groups excluding carboxylic acids is 1. The maximum Gasteiger partial charge on any atom is 0.251 e. The van der Waals surface area contributed by atoms with E-state index in [0.29, 0.717) is 5.92 Å². The predicted molar refractivity (Wildman–Crippen MR) is 97.8 cm³/mol. The van der Waals surface area contributed by atoms with Crippen molar-refractivity contribution in [3.63, 3.8) is 0 Å². The normalized spacial score (nSPS) is 17.4. The van der Waals surface area contributed by atoms with Crippen molar-refractivity contribution in [2.45, 2.75) is 32.1 Å². The van der Waals surface area contributed by atoms with Gasteiger partial charge in [-0.15, -0.1) is 0 Å². The molecule has 2 aromatic rings. The molecule has 0 radical (unpaired) electrons. The van der Waals surface area contributed by atoms with Crippen LogP contribution in [0.3, 0.4) is 0 Å². The summed E-state index contributed by atoms with van der Waals surface area (Å²) in [5.41, 5.74) is 3.56. The molecule has 1 aromatic heterocycles. The average Bonchev–Trinajstić information content (AvgIpc) is 3.15. The number of rotatable bonds is 4. The van der Waals surface area contributed by atoms with Crippen molar-refractivity contribution in [1.82, 2.24) is 15.3 Å². The third-order valence-electron chi connectivity index (χ3n) is 5.36. The van der Waals surface area contributed by atoms with Gasteiger partial charge in [0.25, 0.3) is 5.91 Å². The van der Waals surface area contributed by atoms with Crippen molar-refractivity contribution in [2.24, 2.45) is 5.92 Å². The van der Waals surface area contributed by atoms with E-state index in [9.17, 15) is 4.79 Å². The van der Waals surface area contributed by atoms with Crippen LogP contribution in [0, 0.1) is 5.92 Å². The van der Waals surface area contributed by atoms with E-state index in [2.05, 4.69) is 32.3 Å². The quantitative estimate of drug-likeness (QED) is 0.932. The molecule has 0 unspecified atom stereocenters. The Kier molecular flexibility index (Phi) is 4.63. The minimum atomic E-state index is 0.0588. The molecule has 0 saturated carbocycles. The Morgan fingerprint density at radius 1 is 1.12 bits per heavy atom. The molecule has 4 rings (SSSR count). The molecule has 1 amide bonds. The van der Waals surface area contributed by atoms with Gasteiger partial charge >= 0.3 is 0 Å². The van der Waals surface area contributed by atoms with Gasteiger partial charge in [-0.1, -0.05) is 6.07 Å². The zero-order valence-corrected chi connectivity index (χ0v) is 14.4. The summed E-state index contributed by atoms with van der Waals surface area (Å²) in [6, 6.07) is 8.00. The summed E-state index contributed by atoms with van der Waals surface area (Å²) in [4.78, 5) is 23.3. The summed E-state index contributed by atoms with van der Waals surface area (Å²) < 4.78 is 0. The van der Waals surface area contributed by atoms with Crippen LogP contribution in [0.15, 0.2) is 36.7 Å². The number of anilines is 1. The third kappa shape index (κ3) is 3.65. The molecule has 1 aromatic carbocycles. The van der Waals surface area contributed by atoms with E-state index in [4.69, 9.17) is 0 Å². The molecule has 25 heavy (non-hydrogen) atoms. The van der Waals surface area contributed by atoms with Crippen molar-refractivity contribution in [2.75, 3.05) is 24.5 Å². The van der Waals surface area contributed by atoms with Gasteiger partial charge in [-0.05, 0) is 67.3 Å². The summed E-state index contributed by atoms with van der Waals surface area (Å²) >= 11 is 0. The first-order valence-electron chi connectivity index (χ1n) is 9.21. The van der Waals surface area contributed by atoms with E-state index < -0.39 is 0 Å². The number of aromatic nitrogens is 2. The summed E-state index contributed by atoms with van der Waals surface area (Å²) in [6.45, 7) is 2.65. The van der Waals surface area contributed by atoms with Crippen molar-refractivity contribution in [3.8, 4) is 0 Å². The number of carbonyl (C=O) groups is 1. The van der Waals surface area contributed by atoms with Gasteiger partial charge in [0, 0.05) is 37.6 Å². The minimum absolute atomic E-state index is 0.0588. The maximum atomic E-state index is 12.4. The zero-order valence-electron chi connectivity index (χ0n) is 14.4. The van der Waals surface area contributed by atoms with E-state index in [0.717, 1.165) is 56.8 Å². The van der Waals surface area contributed by atoms with E-state index in [1.165, 1.54) is 17.5 Å². The first-order valence-corrected chi connectivity index (χ1v) is 9.21. The van der Waals surface area contributed by atoms with Gasteiger partial charge in [0.1, 0.15) is 0 Å². The lowest BCUT2D eigenvalue weighted by molar-refractivity contribution is 0.0945. The van der Waals surface area contributed by atoms with E-state index in [1.54, 1.807) is 12.4 Å². The monoisotopic (exact) mass is 336 g/mol. The van der Waals surface area contributed by atoms with Gasteiger partial charge in [0.05, 0.1) is 0 Å². The smallest absolute Gasteiger partial charge is 0.251 e. The average molecular weight is 336 g/mol. The van der Waals surface area contributed by atoms with Gasteiger partial charge in [0.15, 0.2) is 0 Å². The Balaban J connectivity index is 1.27. The van der Waals surface area contributed by atoms with Crippen LogP contribution in [0.1, 0.15) is 40.7 Å².